The van der Waals surface area contributed by atoms with Crippen LogP contribution >= 0.6 is 0 Å². The van der Waals surface area contributed by atoms with Gasteiger partial charge >= 0.3 is 5.69 Å². The van der Waals surface area contributed by atoms with Crippen molar-refractivity contribution in [2.45, 2.75) is 0 Å². The Bertz CT molecular complexity index is 441. The molecule has 0 aliphatic heterocycles. The van der Waals surface area contributed by atoms with E-state index in [0.29, 0.717) is 17.0 Å². The molecule has 0 amide bonds. The zero-order valence-corrected chi connectivity index (χ0v) is 5.51. The van der Waals surface area contributed by atoms with Crippen LogP contribution in [-0.4, -0.2) is 15.0 Å². The van der Waals surface area contributed by atoms with Gasteiger partial charge in [0.25, 0.3) is 5.65 Å². The second-order valence-corrected chi connectivity index (χ2v) is 2.12. The van der Waals surface area contributed by atoms with E-state index in [4.69, 9.17) is 5.73 Å². The fourth-order valence-electron chi connectivity index (χ4n) is 0.915. The van der Waals surface area contributed by atoms with Gasteiger partial charge < -0.3 is 5.73 Å². The van der Waals surface area contributed by atoms with E-state index >= 15 is 0 Å². The second-order valence-electron chi connectivity index (χ2n) is 2.12. The van der Waals surface area contributed by atoms with Gasteiger partial charge in [0.05, 0.1) is 0 Å². The number of aromatic nitrogens is 4. The molecule has 0 saturated carbocycles. The van der Waals surface area contributed by atoms with Crippen LogP contribution in [0, 0.1) is 0 Å². The summed E-state index contributed by atoms with van der Waals surface area (Å²) in [5, 5.41) is 0. The fourth-order valence-corrected chi connectivity index (χ4v) is 0.915. The average molecular weight is 152 g/mol. The SMILES string of the molecule is Nc1nc[nH+]c2[nH]c(=O)[nH]c12. The number of H-pyrrole nitrogens is 3. The number of imidazole rings is 1. The lowest BCUT2D eigenvalue weighted by molar-refractivity contribution is -0.352. The van der Waals surface area contributed by atoms with Crippen molar-refractivity contribution in [3.05, 3.63) is 16.8 Å². The molecule has 56 valence electrons. The monoisotopic (exact) mass is 152 g/mol. The van der Waals surface area contributed by atoms with Gasteiger partial charge in [-0.25, -0.2) is 14.8 Å². The van der Waals surface area contributed by atoms with Gasteiger partial charge in [-0.3, -0.25) is 4.98 Å². The summed E-state index contributed by atoms with van der Waals surface area (Å²) in [4.78, 5) is 22.2. The van der Waals surface area contributed by atoms with Crippen molar-refractivity contribution >= 4 is 17.0 Å². The molecule has 0 aromatic carbocycles. The predicted molar refractivity (Wildman–Crippen MR) is 37.7 cm³/mol. The first-order valence-corrected chi connectivity index (χ1v) is 3.01. The number of rotatable bonds is 0. The van der Waals surface area contributed by atoms with Gasteiger partial charge in [-0.15, -0.1) is 0 Å². The molecule has 0 atom stereocenters. The van der Waals surface area contributed by atoms with E-state index in [1.165, 1.54) is 6.33 Å². The molecule has 2 aromatic rings. The molecule has 0 unspecified atom stereocenters. The standard InChI is InChI=1S/C5H5N5O/c6-3-2-4(8-1-7-3)10-5(11)9-2/h1H,(H4,6,7,8,9,10,11)/p+1. The number of hydrogen-bond donors (Lipinski definition) is 3. The van der Waals surface area contributed by atoms with E-state index in [1.54, 1.807) is 0 Å². The highest BCUT2D eigenvalue weighted by molar-refractivity contribution is 5.77. The molecular formula is C5H6N5O+. The lowest BCUT2D eigenvalue weighted by Gasteiger charge is -1.83. The van der Waals surface area contributed by atoms with Crippen LogP contribution in [0.25, 0.3) is 11.2 Å². The van der Waals surface area contributed by atoms with Gasteiger partial charge in [-0.2, -0.15) is 0 Å². The minimum absolute atomic E-state index is 0.295. The lowest BCUT2D eigenvalue weighted by atomic mass is 10.5. The van der Waals surface area contributed by atoms with Gasteiger partial charge in [-0.05, 0) is 0 Å². The number of nitrogens with zero attached hydrogens (tertiary/aromatic N) is 1. The molecule has 0 aliphatic rings. The number of nitrogen functional groups attached to an aromatic ring is 1. The van der Waals surface area contributed by atoms with Gasteiger partial charge in [0, 0.05) is 0 Å². The molecule has 2 heterocycles. The summed E-state index contributed by atoms with van der Waals surface area (Å²) in [6, 6.07) is 0. The van der Waals surface area contributed by atoms with Crippen LogP contribution < -0.4 is 16.4 Å². The van der Waals surface area contributed by atoms with Crippen LogP contribution in [0.5, 0.6) is 0 Å². The summed E-state index contributed by atoms with van der Waals surface area (Å²) >= 11 is 0. The summed E-state index contributed by atoms with van der Waals surface area (Å²) < 4.78 is 0. The van der Waals surface area contributed by atoms with Crippen LogP contribution in [0.4, 0.5) is 5.82 Å². The summed E-state index contributed by atoms with van der Waals surface area (Å²) in [7, 11) is 0. The van der Waals surface area contributed by atoms with E-state index in [-0.39, 0.29) is 5.69 Å². The van der Waals surface area contributed by atoms with Gasteiger partial charge in [0.1, 0.15) is 0 Å². The molecule has 11 heavy (non-hydrogen) atoms. The van der Waals surface area contributed by atoms with E-state index in [2.05, 4.69) is 19.9 Å². The summed E-state index contributed by atoms with van der Waals surface area (Å²) in [6.07, 6.45) is 1.42. The molecule has 0 spiro atoms. The topological polar surface area (TPSA) is 102 Å². The van der Waals surface area contributed by atoms with Crippen molar-refractivity contribution in [3.63, 3.8) is 0 Å². The van der Waals surface area contributed by atoms with Crippen LogP contribution in [0.3, 0.4) is 0 Å². The third-order valence-electron chi connectivity index (χ3n) is 1.40. The summed E-state index contributed by atoms with van der Waals surface area (Å²) in [5.74, 6) is 0.303. The molecule has 2 rings (SSSR count). The van der Waals surface area contributed by atoms with Gasteiger partial charge in [-0.1, -0.05) is 4.98 Å². The Hall–Kier alpha value is -1.85. The lowest BCUT2D eigenvalue weighted by Crippen LogP contribution is -2.07. The van der Waals surface area contributed by atoms with Crippen LogP contribution in [0.1, 0.15) is 0 Å². The van der Waals surface area contributed by atoms with E-state index < -0.39 is 0 Å². The molecule has 0 saturated heterocycles. The molecule has 5 N–H and O–H groups in total. The second kappa shape index (κ2) is 1.82. The van der Waals surface area contributed by atoms with Crippen molar-refractivity contribution in [1.82, 2.24) is 15.0 Å². The van der Waals surface area contributed by atoms with E-state index in [9.17, 15) is 4.79 Å². The highest BCUT2D eigenvalue weighted by Gasteiger charge is 2.07. The minimum Gasteiger partial charge on any atom is -0.368 e. The van der Waals surface area contributed by atoms with Crippen molar-refractivity contribution in [3.8, 4) is 0 Å². The Kier molecular flexibility index (Phi) is 0.974. The normalized spacial score (nSPS) is 10.5. The fraction of sp³-hybridized carbons (Fsp3) is 0. The number of fused-ring (bicyclic) bond motifs is 1. The molecule has 0 fully saturated rings. The largest absolute Gasteiger partial charge is 0.382 e. The van der Waals surface area contributed by atoms with Crippen molar-refractivity contribution < 1.29 is 4.98 Å². The first-order chi connectivity index (χ1) is 5.27. The molecular weight excluding hydrogens is 146 g/mol. The highest BCUT2D eigenvalue weighted by atomic mass is 16.1. The van der Waals surface area contributed by atoms with Crippen LogP contribution in [0.15, 0.2) is 11.1 Å². The average Bonchev–Trinajstić information content (AvgIpc) is 2.31. The summed E-state index contributed by atoms with van der Waals surface area (Å²) in [5.41, 5.74) is 6.22. The predicted octanol–water partition coefficient (Wildman–Crippen LogP) is -1.35. The molecule has 2 aromatic heterocycles. The van der Waals surface area contributed by atoms with Gasteiger partial charge in [0.15, 0.2) is 5.52 Å². The first-order valence-electron chi connectivity index (χ1n) is 3.01. The highest BCUT2D eigenvalue weighted by Crippen LogP contribution is 2.04. The van der Waals surface area contributed by atoms with Crippen molar-refractivity contribution in [1.29, 1.82) is 0 Å². The Morgan fingerprint density at radius 3 is 3.09 bits per heavy atom. The zero-order valence-electron chi connectivity index (χ0n) is 5.51. The Morgan fingerprint density at radius 2 is 2.36 bits per heavy atom. The zero-order chi connectivity index (χ0) is 7.84. The minimum atomic E-state index is -0.295. The molecule has 6 nitrogen and oxygen atoms in total. The number of hydrogen-bond acceptors (Lipinski definition) is 3. The Labute approximate surface area is 60.5 Å². The number of anilines is 1. The third-order valence-corrected chi connectivity index (χ3v) is 1.40. The Balaban J connectivity index is 3.01. The molecule has 0 aliphatic carbocycles. The smallest absolute Gasteiger partial charge is 0.368 e. The molecule has 6 heteroatoms. The maximum Gasteiger partial charge on any atom is 0.382 e. The van der Waals surface area contributed by atoms with E-state index in [1.807, 2.05) is 0 Å². The van der Waals surface area contributed by atoms with Crippen molar-refractivity contribution in [2.75, 3.05) is 5.73 Å². The number of aromatic amines is 3. The Morgan fingerprint density at radius 1 is 1.55 bits per heavy atom. The van der Waals surface area contributed by atoms with Crippen molar-refractivity contribution in [2.24, 2.45) is 0 Å². The van der Waals surface area contributed by atoms with Crippen LogP contribution in [0.2, 0.25) is 0 Å². The maximum atomic E-state index is 10.7. The molecule has 0 radical (unpaired) electrons. The van der Waals surface area contributed by atoms with Crippen LogP contribution in [-0.2, 0) is 0 Å². The third kappa shape index (κ3) is 0.759. The molecule has 0 bridgehead atoms. The summed E-state index contributed by atoms with van der Waals surface area (Å²) in [6.45, 7) is 0. The maximum absolute atomic E-state index is 10.7. The number of nitrogens with two attached hydrogens (primary N) is 1. The first kappa shape index (κ1) is 5.90. The number of nitrogens with one attached hydrogen (secondary N) is 3. The van der Waals surface area contributed by atoms with E-state index in [0.717, 1.165) is 0 Å². The quantitative estimate of drug-likeness (QED) is 0.434. The van der Waals surface area contributed by atoms with Gasteiger partial charge in [0.2, 0.25) is 12.1 Å².